The van der Waals surface area contributed by atoms with E-state index in [0.29, 0.717) is 0 Å². The number of aliphatic hydroxyl groups excluding tert-OH is 2. The van der Waals surface area contributed by atoms with Crippen LogP contribution in [0.2, 0.25) is 0 Å². The molecule has 20 nitrogen and oxygen atoms in total. The number of urea groups is 2. The standard InChI is InChI=1S/C18H28N6O14P2/c19-15-11-12-14(13(11)23(17(27)21-15)9-1-5(25)7(37-9)3-35-39(29,30)31)24(18(28)22-16(12)20)10-2-6(26)8(38-10)4-36-40(32,33)34/h5-14,25-26H,1-4H2,(H2,19,21,27)(H2,20,22,28)(H2,29,30,31)(H2,32,33,34)/t5-,6-,7+,8+,9+,10+,11?,12?,13?,14?/m0/s1. The molecule has 4 aliphatic heterocycles. The van der Waals surface area contributed by atoms with E-state index in [1.165, 1.54) is 0 Å². The van der Waals surface area contributed by atoms with Crippen LogP contribution in [0.25, 0.3) is 0 Å². The van der Waals surface area contributed by atoms with E-state index in [1.807, 2.05) is 0 Å². The van der Waals surface area contributed by atoms with Gasteiger partial charge in [-0.05, 0) is 0 Å². The summed E-state index contributed by atoms with van der Waals surface area (Å²) in [6, 6.07) is -3.56. The molecule has 4 saturated heterocycles. The van der Waals surface area contributed by atoms with Crippen LogP contribution in [0.3, 0.4) is 0 Å². The lowest BCUT2D eigenvalue weighted by molar-refractivity contribution is -0.146. The van der Waals surface area contributed by atoms with Crippen molar-refractivity contribution in [2.45, 2.75) is 61.8 Å². The highest BCUT2D eigenvalue weighted by atomic mass is 31.2. The molecule has 4 unspecified atom stereocenters. The Morgan fingerprint density at radius 2 is 1.12 bits per heavy atom. The molecule has 0 radical (unpaired) electrons. The van der Waals surface area contributed by atoms with Gasteiger partial charge in [0.15, 0.2) is 0 Å². The summed E-state index contributed by atoms with van der Waals surface area (Å²) >= 11 is 0. The van der Waals surface area contributed by atoms with Crippen molar-refractivity contribution in [2.75, 3.05) is 13.2 Å². The van der Waals surface area contributed by atoms with Crippen LogP contribution in [0, 0.1) is 22.7 Å². The fourth-order valence-corrected chi connectivity index (χ4v) is 6.62. The first-order chi connectivity index (χ1) is 18.6. The van der Waals surface area contributed by atoms with Gasteiger partial charge in [0.1, 0.15) is 36.3 Å². The molecule has 5 rings (SSSR count). The molecule has 0 spiro atoms. The summed E-state index contributed by atoms with van der Waals surface area (Å²) in [5.41, 5.74) is 0. The van der Waals surface area contributed by atoms with Gasteiger partial charge in [-0.3, -0.25) is 40.3 Å². The zero-order valence-electron chi connectivity index (χ0n) is 20.3. The van der Waals surface area contributed by atoms with Crippen LogP contribution in [-0.2, 0) is 27.7 Å². The van der Waals surface area contributed by atoms with Gasteiger partial charge in [0.05, 0.1) is 49.3 Å². The van der Waals surface area contributed by atoms with E-state index < -0.39 is 102 Å². The number of fused-ring (bicyclic) bond motifs is 4. The van der Waals surface area contributed by atoms with Crippen molar-refractivity contribution in [1.29, 1.82) is 10.8 Å². The number of nitrogens with one attached hydrogen (secondary N) is 4. The summed E-state index contributed by atoms with van der Waals surface area (Å²) in [7, 11) is -9.76. The third kappa shape index (κ3) is 5.42. The Morgan fingerprint density at radius 3 is 1.45 bits per heavy atom. The maximum absolute atomic E-state index is 13.1. The smallest absolute Gasteiger partial charge is 0.390 e. The number of nitrogens with zero attached hydrogens (tertiary/aromatic N) is 2. The molecule has 0 aromatic heterocycles. The second-order valence-corrected chi connectivity index (χ2v) is 12.5. The molecule has 0 bridgehead atoms. The highest BCUT2D eigenvalue weighted by molar-refractivity contribution is 7.46. The van der Waals surface area contributed by atoms with Gasteiger partial charge in [0.2, 0.25) is 0 Å². The number of amides is 4. The molecule has 224 valence electrons. The molecule has 1 aliphatic carbocycles. The number of phosphoric acid groups is 2. The summed E-state index contributed by atoms with van der Waals surface area (Å²) in [6.45, 7) is -1.36. The van der Waals surface area contributed by atoms with Crippen molar-refractivity contribution in [3.05, 3.63) is 0 Å². The number of carbonyl (C=O) groups is 2. The van der Waals surface area contributed by atoms with Crippen molar-refractivity contribution in [3.63, 3.8) is 0 Å². The summed E-state index contributed by atoms with van der Waals surface area (Å²) in [6.07, 6.45) is -7.72. The predicted molar refractivity (Wildman–Crippen MR) is 125 cm³/mol. The van der Waals surface area contributed by atoms with Crippen LogP contribution in [0.5, 0.6) is 0 Å². The number of amidine groups is 2. The average molecular weight is 614 g/mol. The number of aliphatic hydroxyl groups is 2. The Labute approximate surface area is 225 Å². The second-order valence-electron chi connectivity index (χ2n) is 9.97. The van der Waals surface area contributed by atoms with E-state index in [4.69, 9.17) is 39.9 Å². The number of hydrogen-bond donors (Lipinski definition) is 10. The number of hydrogen-bond acceptors (Lipinski definition) is 12. The van der Waals surface area contributed by atoms with Crippen molar-refractivity contribution in [1.82, 2.24) is 20.4 Å². The van der Waals surface area contributed by atoms with Gasteiger partial charge < -0.3 is 39.3 Å². The minimum atomic E-state index is -4.88. The molecule has 10 N–H and O–H groups in total. The lowest BCUT2D eigenvalue weighted by Gasteiger charge is -2.63. The molecule has 22 heteroatoms. The Hall–Kier alpha value is -2.06. The zero-order valence-corrected chi connectivity index (χ0v) is 22.1. The topological polar surface area (TPSA) is 305 Å². The van der Waals surface area contributed by atoms with Gasteiger partial charge >= 0.3 is 27.7 Å². The first-order valence-electron chi connectivity index (χ1n) is 12.0. The number of phosphoric ester groups is 2. The highest BCUT2D eigenvalue weighted by Gasteiger charge is 2.68. The van der Waals surface area contributed by atoms with E-state index in [1.54, 1.807) is 0 Å². The van der Waals surface area contributed by atoms with Crippen LogP contribution in [0.1, 0.15) is 12.8 Å². The van der Waals surface area contributed by atoms with Crippen molar-refractivity contribution < 1.29 is 67.0 Å². The van der Waals surface area contributed by atoms with E-state index in [9.17, 15) is 28.9 Å². The van der Waals surface area contributed by atoms with Gasteiger partial charge in [-0.15, -0.1) is 0 Å². The monoisotopic (exact) mass is 614 g/mol. The highest BCUT2D eigenvalue weighted by Crippen LogP contribution is 2.49. The lowest BCUT2D eigenvalue weighted by atomic mass is 9.60. The Balaban J connectivity index is 1.39. The fourth-order valence-electron chi connectivity index (χ4n) is 5.94. The molecule has 40 heavy (non-hydrogen) atoms. The molecule has 5 fully saturated rings. The SMILES string of the molecule is N=C1NC(=O)N([C@H]2C[C@H](O)[C@@H](COP(=O)(O)O)O2)C2C1C1C(=N)NC(=O)N([C@H]3C[C@H](O)[C@@H](COP(=O)(O)O)O3)C12. The maximum Gasteiger partial charge on any atom is 0.469 e. The molecule has 5 aliphatic rings. The molecule has 1 saturated carbocycles. The van der Waals surface area contributed by atoms with Gasteiger partial charge in [-0.1, -0.05) is 0 Å². The summed E-state index contributed by atoms with van der Waals surface area (Å²) in [5, 5.41) is 42.3. The fraction of sp³-hybridized carbons (Fsp3) is 0.778. The van der Waals surface area contributed by atoms with E-state index >= 15 is 0 Å². The summed E-state index contributed by atoms with van der Waals surface area (Å²) in [5.74, 6) is -2.09. The number of ether oxygens (including phenoxy) is 2. The van der Waals surface area contributed by atoms with Crippen LogP contribution in [-0.4, -0.2) is 125 Å². The van der Waals surface area contributed by atoms with Crippen molar-refractivity contribution in [3.8, 4) is 0 Å². The van der Waals surface area contributed by atoms with E-state index in [2.05, 4.69) is 19.7 Å². The summed E-state index contributed by atoms with van der Waals surface area (Å²) < 4.78 is 42.4. The van der Waals surface area contributed by atoms with Crippen LogP contribution in [0.15, 0.2) is 0 Å². The second kappa shape index (κ2) is 10.3. The van der Waals surface area contributed by atoms with Crippen molar-refractivity contribution >= 4 is 39.4 Å². The number of rotatable bonds is 8. The molecule has 4 heterocycles. The zero-order chi connectivity index (χ0) is 29.3. The van der Waals surface area contributed by atoms with E-state index in [-0.39, 0.29) is 24.5 Å². The first-order valence-corrected chi connectivity index (χ1v) is 15.0. The Morgan fingerprint density at radius 1 is 0.775 bits per heavy atom. The van der Waals surface area contributed by atoms with Gasteiger partial charge in [-0.2, -0.15) is 0 Å². The molecule has 10 atom stereocenters. The third-order valence-corrected chi connectivity index (χ3v) is 8.55. The quantitative estimate of drug-likeness (QED) is 0.123. The summed E-state index contributed by atoms with van der Waals surface area (Å²) in [4.78, 5) is 64.4. The number of carbonyl (C=O) groups excluding carboxylic acids is 2. The first kappa shape index (κ1) is 29.4. The minimum absolute atomic E-state index is 0.194. The van der Waals surface area contributed by atoms with Crippen LogP contribution < -0.4 is 10.6 Å². The van der Waals surface area contributed by atoms with E-state index in [0.717, 1.165) is 9.80 Å². The minimum Gasteiger partial charge on any atom is -0.390 e. The molecular weight excluding hydrogens is 586 g/mol. The van der Waals surface area contributed by atoms with Crippen molar-refractivity contribution in [2.24, 2.45) is 11.8 Å². The van der Waals surface area contributed by atoms with Gasteiger partial charge in [0, 0.05) is 12.8 Å². The normalized spacial score (nSPS) is 40.0. The largest absolute Gasteiger partial charge is 0.469 e. The van der Waals surface area contributed by atoms with Gasteiger partial charge in [-0.25, -0.2) is 18.7 Å². The van der Waals surface area contributed by atoms with Gasteiger partial charge in [0.25, 0.3) is 0 Å². The third-order valence-electron chi connectivity index (χ3n) is 7.58. The Bertz CT molecular complexity index is 1110. The molecule has 0 aromatic rings. The Kier molecular flexibility index (Phi) is 7.61. The molecular formula is C18H28N6O14P2. The molecule has 4 amide bonds. The predicted octanol–water partition coefficient (Wildman–Crippen LogP) is -2.86. The lowest BCUT2D eigenvalue weighted by Crippen LogP contribution is -2.84. The van der Waals surface area contributed by atoms with Crippen LogP contribution >= 0.6 is 15.6 Å². The maximum atomic E-state index is 13.1. The average Bonchev–Trinajstić information content (AvgIpc) is 3.35. The van der Waals surface area contributed by atoms with Crippen LogP contribution in [0.4, 0.5) is 9.59 Å². The molecule has 0 aromatic carbocycles.